The molecule has 4 aliphatic carbocycles. The zero-order valence-electron chi connectivity index (χ0n) is 43.6. The molecular formula is C74H57NO3. The second-order valence-corrected chi connectivity index (χ2v) is 23.0. The normalized spacial score (nSPS) is 17.0. The fourth-order valence-electron chi connectivity index (χ4n) is 15.8. The van der Waals surface area contributed by atoms with Crippen molar-refractivity contribution in [1.82, 2.24) is 0 Å². The van der Waals surface area contributed by atoms with Crippen LogP contribution in [0.25, 0.3) is 44.2 Å². The molecule has 4 heteroatoms. The lowest BCUT2D eigenvalue weighted by Gasteiger charge is -2.41. The molecule has 1 aromatic heterocycles. The third-order valence-electron chi connectivity index (χ3n) is 19.2. The van der Waals surface area contributed by atoms with E-state index in [0.29, 0.717) is 11.8 Å². The minimum Gasteiger partial charge on any atom is -0.457 e. The van der Waals surface area contributed by atoms with Crippen molar-refractivity contribution >= 4 is 39.0 Å². The number of hydrogen-bond donors (Lipinski definition) is 0. The Morgan fingerprint density at radius 3 is 1.35 bits per heavy atom. The molecule has 2 spiro atoms. The van der Waals surface area contributed by atoms with Crippen LogP contribution in [0.15, 0.2) is 217 Å². The van der Waals surface area contributed by atoms with Crippen LogP contribution in [0.3, 0.4) is 0 Å². The van der Waals surface area contributed by atoms with E-state index in [0.717, 1.165) is 73.1 Å². The molecule has 2 aliphatic heterocycles. The first kappa shape index (κ1) is 44.5. The zero-order valence-corrected chi connectivity index (χ0v) is 43.6. The van der Waals surface area contributed by atoms with Crippen LogP contribution >= 0.6 is 0 Å². The van der Waals surface area contributed by atoms with Gasteiger partial charge >= 0.3 is 0 Å². The van der Waals surface area contributed by atoms with Gasteiger partial charge in [0.1, 0.15) is 34.2 Å². The SMILES string of the molecule is c1ccc2c(c1)Oc1ccc(N(c3ccc4c(c3)C3(c5ccccc5O4)c4cc(C5CCCCC5)ccc4-c4ccc(C5CCCCC5)cc43)c3cccc4oc5ccccc5c34)cc1C21c2ccccc2-c2ccccc21. The topological polar surface area (TPSA) is 34.8 Å². The van der Waals surface area contributed by atoms with E-state index < -0.39 is 10.8 Å². The molecule has 17 rings (SSSR count). The van der Waals surface area contributed by atoms with E-state index in [9.17, 15) is 0 Å². The van der Waals surface area contributed by atoms with Gasteiger partial charge in [-0.25, -0.2) is 0 Å². The summed E-state index contributed by atoms with van der Waals surface area (Å²) in [5.74, 6) is 4.64. The first-order chi connectivity index (χ1) is 38.7. The fourth-order valence-corrected chi connectivity index (χ4v) is 15.8. The van der Waals surface area contributed by atoms with E-state index in [1.165, 1.54) is 131 Å². The molecule has 10 aromatic carbocycles. The van der Waals surface area contributed by atoms with Gasteiger partial charge in [-0.3, -0.25) is 0 Å². The van der Waals surface area contributed by atoms with Crippen LogP contribution < -0.4 is 14.4 Å². The molecule has 0 radical (unpaired) electrons. The Hall–Kier alpha value is -8.60. The van der Waals surface area contributed by atoms with Gasteiger partial charge in [0.05, 0.1) is 21.9 Å². The number of benzene rings is 10. The summed E-state index contributed by atoms with van der Waals surface area (Å²) in [4.78, 5) is 2.49. The lowest BCUT2D eigenvalue weighted by Crippen LogP contribution is -2.33. The minimum absolute atomic E-state index is 0.548. The van der Waals surface area contributed by atoms with Crippen molar-refractivity contribution in [1.29, 1.82) is 0 Å². The van der Waals surface area contributed by atoms with E-state index in [1.807, 2.05) is 0 Å². The minimum atomic E-state index is -0.658. The molecule has 0 amide bonds. The second-order valence-electron chi connectivity index (χ2n) is 23.0. The molecule has 0 atom stereocenters. The number of furan rings is 1. The average Bonchev–Trinajstić information content (AvgIpc) is 4.24. The van der Waals surface area contributed by atoms with Crippen LogP contribution in [0, 0.1) is 0 Å². The summed E-state index contributed by atoms with van der Waals surface area (Å²) in [6.45, 7) is 0. The van der Waals surface area contributed by atoms with Crippen LogP contribution in [0.1, 0.15) is 132 Å². The Bertz CT molecular complexity index is 4170. The second kappa shape index (κ2) is 16.9. The molecule has 2 fully saturated rings. The molecule has 11 aromatic rings. The van der Waals surface area contributed by atoms with Gasteiger partial charge in [-0.05, 0) is 160 Å². The fraction of sp³-hybridized carbons (Fsp3) is 0.189. The Kier molecular flexibility index (Phi) is 9.67. The molecule has 6 aliphatic rings. The molecular weight excluding hydrogens is 951 g/mol. The van der Waals surface area contributed by atoms with Crippen molar-refractivity contribution in [2.75, 3.05) is 4.90 Å². The number of ether oxygens (including phenoxy) is 2. The van der Waals surface area contributed by atoms with E-state index in [1.54, 1.807) is 0 Å². The van der Waals surface area contributed by atoms with E-state index in [2.05, 4.69) is 217 Å². The van der Waals surface area contributed by atoms with E-state index in [-0.39, 0.29) is 0 Å². The van der Waals surface area contributed by atoms with Gasteiger partial charge < -0.3 is 18.8 Å². The monoisotopic (exact) mass is 1010 g/mol. The molecule has 4 nitrogen and oxygen atoms in total. The van der Waals surface area contributed by atoms with Crippen molar-refractivity contribution in [2.24, 2.45) is 0 Å². The number of fused-ring (bicyclic) bond motifs is 21. The lowest BCUT2D eigenvalue weighted by atomic mass is 9.65. The molecule has 0 saturated heterocycles. The van der Waals surface area contributed by atoms with Gasteiger partial charge in [0.15, 0.2) is 0 Å². The Morgan fingerprint density at radius 2 is 0.782 bits per heavy atom. The summed E-state index contributed by atoms with van der Waals surface area (Å²) < 4.78 is 21.0. The highest BCUT2D eigenvalue weighted by molar-refractivity contribution is 6.13. The van der Waals surface area contributed by atoms with Crippen molar-refractivity contribution in [3.05, 3.63) is 268 Å². The predicted molar refractivity (Wildman–Crippen MR) is 315 cm³/mol. The quantitative estimate of drug-likeness (QED) is 0.172. The Labute approximate surface area is 455 Å². The third-order valence-corrected chi connectivity index (χ3v) is 19.2. The maximum Gasteiger partial charge on any atom is 0.137 e. The molecule has 0 N–H and O–H groups in total. The van der Waals surface area contributed by atoms with Crippen molar-refractivity contribution in [3.8, 4) is 45.3 Å². The number of hydrogen-bond acceptors (Lipinski definition) is 4. The summed E-state index contributed by atoms with van der Waals surface area (Å²) in [6.07, 6.45) is 12.8. The molecule has 376 valence electrons. The van der Waals surface area contributed by atoms with Gasteiger partial charge in [-0.1, -0.05) is 184 Å². The van der Waals surface area contributed by atoms with Crippen LogP contribution in [0.2, 0.25) is 0 Å². The van der Waals surface area contributed by atoms with Crippen molar-refractivity contribution in [2.45, 2.75) is 86.9 Å². The maximum absolute atomic E-state index is 7.24. The van der Waals surface area contributed by atoms with Crippen LogP contribution in [0.4, 0.5) is 17.1 Å². The van der Waals surface area contributed by atoms with Crippen LogP contribution in [0.5, 0.6) is 23.0 Å². The predicted octanol–water partition coefficient (Wildman–Crippen LogP) is 20.1. The molecule has 78 heavy (non-hydrogen) atoms. The number of nitrogens with zero attached hydrogens (tertiary/aromatic N) is 1. The van der Waals surface area contributed by atoms with E-state index >= 15 is 0 Å². The largest absolute Gasteiger partial charge is 0.457 e. The van der Waals surface area contributed by atoms with Gasteiger partial charge in [-0.2, -0.15) is 0 Å². The first-order valence-corrected chi connectivity index (χ1v) is 28.7. The van der Waals surface area contributed by atoms with E-state index in [4.69, 9.17) is 13.9 Å². The number of rotatable bonds is 5. The maximum atomic E-state index is 7.24. The molecule has 2 saturated carbocycles. The van der Waals surface area contributed by atoms with Crippen LogP contribution in [-0.2, 0) is 10.8 Å². The van der Waals surface area contributed by atoms with Gasteiger partial charge in [0.25, 0.3) is 0 Å². The van der Waals surface area contributed by atoms with Gasteiger partial charge in [-0.15, -0.1) is 0 Å². The molecule has 0 bridgehead atoms. The van der Waals surface area contributed by atoms with Gasteiger partial charge in [0.2, 0.25) is 0 Å². The third kappa shape index (κ3) is 6.12. The summed E-state index contributed by atoms with van der Waals surface area (Å²) in [5, 5.41) is 2.15. The smallest absolute Gasteiger partial charge is 0.137 e. The highest BCUT2D eigenvalue weighted by Crippen LogP contribution is 2.66. The van der Waals surface area contributed by atoms with Crippen molar-refractivity contribution in [3.63, 3.8) is 0 Å². The standard InChI is InChI=1S/C74H57NO3/c1-3-18-46(19-4-1)48-34-38-54-55-39-35-49(47-20-5-2-6-21-47)43-62(55)74(61(54)42-48)60-28-13-16-32-68(60)78-70-41-37-51(45-64(70)74)75(65-29-17-33-71-72(65)56-24-9-14-30-66(56)76-71)50-36-40-69-63(44-50)73(59-27-12-15-31-67(59)77-69)57-25-10-7-22-52(57)53-23-8-11-26-58(53)73/h7-17,22-47H,1-6,18-21H2. The summed E-state index contributed by atoms with van der Waals surface area (Å²) in [6, 6.07) is 79.8. The summed E-state index contributed by atoms with van der Waals surface area (Å²) >= 11 is 0. The van der Waals surface area contributed by atoms with Gasteiger partial charge in [0, 0.05) is 39.0 Å². The summed E-state index contributed by atoms with van der Waals surface area (Å²) in [7, 11) is 0. The zero-order chi connectivity index (χ0) is 51.1. The summed E-state index contributed by atoms with van der Waals surface area (Å²) in [5.41, 5.74) is 21.5. The number of para-hydroxylation sites is 3. The lowest BCUT2D eigenvalue weighted by molar-refractivity contribution is 0.433. The Balaban J connectivity index is 0.953. The molecule has 3 heterocycles. The van der Waals surface area contributed by atoms with Crippen LogP contribution in [-0.4, -0.2) is 0 Å². The number of anilines is 3. The van der Waals surface area contributed by atoms with Crippen molar-refractivity contribution < 1.29 is 13.9 Å². The average molecular weight is 1010 g/mol. The highest BCUT2D eigenvalue weighted by Gasteiger charge is 2.53. The Morgan fingerprint density at radius 1 is 0.333 bits per heavy atom. The first-order valence-electron chi connectivity index (χ1n) is 28.7. The highest BCUT2D eigenvalue weighted by atomic mass is 16.5. The molecule has 0 unspecified atom stereocenters.